The number of likely N-dealkylation sites (tertiary alicyclic amines) is 1. The highest BCUT2D eigenvalue weighted by Gasteiger charge is 2.31. The average molecular weight is 372 g/mol. The highest BCUT2D eigenvalue weighted by atomic mass is 32.2. The van der Waals surface area contributed by atoms with Crippen molar-refractivity contribution in [2.24, 2.45) is 11.8 Å². The van der Waals surface area contributed by atoms with Gasteiger partial charge in [0, 0.05) is 13.1 Å². The molecule has 8 heteroatoms. The number of nitrogens with zero attached hydrogens (tertiary/aromatic N) is 1. The van der Waals surface area contributed by atoms with Gasteiger partial charge in [0.1, 0.15) is 0 Å². The second-order valence-electron chi connectivity index (χ2n) is 6.76. The Bertz CT molecular complexity index is 708. The second-order valence-corrected chi connectivity index (χ2v) is 8.68. The van der Waals surface area contributed by atoms with E-state index in [4.69, 9.17) is 0 Å². The van der Waals surface area contributed by atoms with Crippen molar-refractivity contribution in [2.45, 2.75) is 29.9 Å². The van der Waals surface area contributed by atoms with Crippen LogP contribution in [-0.2, 0) is 21.1 Å². The molecule has 0 radical (unpaired) electrons. The molecule has 2 aliphatic heterocycles. The molecule has 2 fully saturated rings. The van der Waals surface area contributed by atoms with E-state index in [0.717, 1.165) is 51.2 Å². The molecule has 1 amide bonds. The van der Waals surface area contributed by atoms with Crippen LogP contribution in [0.25, 0.3) is 0 Å². The number of halogens is 2. The van der Waals surface area contributed by atoms with Gasteiger partial charge >= 0.3 is 5.76 Å². The lowest BCUT2D eigenvalue weighted by atomic mass is 9.92. The summed E-state index contributed by atoms with van der Waals surface area (Å²) < 4.78 is 47.9. The molecule has 2 aliphatic rings. The Morgan fingerprint density at radius 1 is 1.12 bits per heavy atom. The molecule has 0 unspecified atom stereocenters. The van der Waals surface area contributed by atoms with Gasteiger partial charge in [-0.15, -0.1) is 0 Å². The monoisotopic (exact) mass is 372 g/mol. The zero-order chi connectivity index (χ0) is 18.0. The smallest absolute Gasteiger partial charge is 0.341 e. The zero-order valence-electron chi connectivity index (χ0n) is 13.8. The molecule has 1 aromatic rings. The normalized spacial score (nSPS) is 24.2. The van der Waals surface area contributed by atoms with Gasteiger partial charge in [-0.2, -0.15) is 8.78 Å². The van der Waals surface area contributed by atoms with Gasteiger partial charge in [0.2, 0.25) is 15.7 Å². The van der Waals surface area contributed by atoms with Crippen LogP contribution in [0.5, 0.6) is 0 Å². The molecule has 2 saturated heterocycles. The first kappa shape index (κ1) is 18.3. The van der Waals surface area contributed by atoms with Crippen molar-refractivity contribution in [3.63, 3.8) is 0 Å². The van der Waals surface area contributed by atoms with Crippen molar-refractivity contribution < 1.29 is 22.0 Å². The minimum absolute atomic E-state index is 0.00241. The summed E-state index contributed by atoms with van der Waals surface area (Å²) in [4.78, 5) is 13.9. The van der Waals surface area contributed by atoms with Gasteiger partial charge in [0.25, 0.3) is 0 Å². The van der Waals surface area contributed by atoms with Crippen molar-refractivity contribution in [3.05, 3.63) is 29.8 Å². The van der Waals surface area contributed by atoms with Crippen LogP contribution in [-0.4, -0.2) is 51.2 Å². The fraction of sp³-hybridized carbons (Fsp3) is 0.588. The predicted molar refractivity (Wildman–Crippen MR) is 89.0 cm³/mol. The SMILES string of the molecule is O=C(Cc1ccc(S(=O)(=O)C(F)F)cc1)N1CC[C@@H]2CNC[C@@H]2CC1. The highest BCUT2D eigenvalue weighted by Crippen LogP contribution is 2.27. The van der Waals surface area contributed by atoms with E-state index in [1.165, 1.54) is 12.1 Å². The third-order valence-electron chi connectivity index (χ3n) is 5.21. The van der Waals surface area contributed by atoms with Gasteiger partial charge in [-0.1, -0.05) is 12.1 Å². The van der Waals surface area contributed by atoms with Crippen molar-refractivity contribution in [3.8, 4) is 0 Å². The first-order chi connectivity index (χ1) is 11.9. The lowest BCUT2D eigenvalue weighted by molar-refractivity contribution is -0.130. The first-order valence-corrected chi connectivity index (χ1v) is 10.0. The maximum atomic E-state index is 12.5. The first-order valence-electron chi connectivity index (χ1n) is 8.47. The number of fused-ring (bicyclic) bond motifs is 1. The fourth-order valence-corrected chi connectivity index (χ4v) is 4.37. The number of nitrogens with one attached hydrogen (secondary N) is 1. The molecule has 0 bridgehead atoms. The molecule has 3 rings (SSSR count). The summed E-state index contributed by atoms with van der Waals surface area (Å²) in [7, 11) is -4.59. The van der Waals surface area contributed by atoms with Crippen molar-refractivity contribution >= 4 is 15.7 Å². The topological polar surface area (TPSA) is 66.5 Å². The van der Waals surface area contributed by atoms with Crippen LogP contribution in [0.4, 0.5) is 8.78 Å². The van der Waals surface area contributed by atoms with Crippen molar-refractivity contribution in [2.75, 3.05) is 26.2 Å². The maximum Gasteiger partial charge on any atom is 0.341 e. The molecule has 0 spiro atoms. The predicted octanol–water partition coefficient (Wildman–Crippen LogP) is 1.68. The molecule has 0 aliphatic carbocycles. The van der Waals surface area contributed by atoms with Crippen LogP contribution in [0, 0.1) is 11.8 Å². The number of hydrogen-bond donors (Lipinski definition) is 1. The van der Waals surface area contributed by atoms with Gasteiger partial charge in [0.05, 0.1) is 11.3 Å². The number of carbonyl (C=O) groups excluding carboxylic acids is 1. The Hall–Kier alpha value is -1.54. The van der Waals surface area contributed by atoms with E-state index >= 15 is 0 Å². The number of alkyl halides is 2. The van der Waals surface area contributed by atoms with Gasteiger partial charge in [-0.25, -0.2) is 8.42 Å². The zero-order valence-corrected chi connectivity index (χ0v) is 14.6. The summed E-state index contributed by atoms with van der Waals surface area (Å²) in [5.41, 5.74) is 0.629. The number of carbonyl (C=O) groups is 1. The number of amides is 1. The quantitative estimate of drug-likeness (QED) is 0.873. The van der Waals surface area contributed by atoms with E-state index in [9.17, 15) is 22.0 Å². The maximum absolute atomic E-state index is 12.5. The second kappa shape index (κ2) is 7.37. The molecule has 138 valence electrons. The third-order valence-corrected chi connectivity index (χ3v) is 6.61. The van der Waals surface area contributed by atoms with Crippen molar-refractivity contribution in [1.29, 1.82) is 0 Å². The van der Waals surface area contributed by atoms with Gasteiger partial charge in [-0.05, 0) is 55.5 Å². The van der Waals surface area contributed by atoms with Gasteiger partial charge in [0.15, 0.2) is 0 Å². The molecular formula is C17H22F2N2O3S. The summed E-state index contributed by atoms with van der Waals surface area (Å²) in [5.74, 6) is -2.17. The van der Waals surface area contributed by atoms with E-state index < -0.39 is 20.5 Å². The molecule has 25 heavy (non-hydrogen) atoms. The molecule has 1 aromatic carbocycles. The Morgan fingerprint density at radius 2 is 1.68 bits per heavy atom. The van der Waals surface area contributed by atoms with E-state index in [0.29, 0.717) is 17.4 Å². The van der Waals surface area contributed by atoms with E-state index in [1.54, 1.807) is 0 Å². The minimum atomic E-state index is -4.59. The standard InChI is InChI=1S/C17H22F2N2O3S/c18-17(19)25(23,24)15-3-1-12(2-4-15)9-16(22)21-7-5-13-10-20-11-14(13)6-8-21/h1-4,13-14,17,20H,5-11H2/t13-,14+. The van der Waals surface area contributed by atoms with Crippen LogP contribution in [0.1, 0.15) is 18.4 Å². The van der Waals surface area contributed by atoms with Crippen LogP contribution < -0.4 is 5.32 Å². The summed E-state index contributed by atoms with van der Waals surface area (Å²) in [6.07, 6.45) is 2.15. The molecule has 2 atom stereocenters. The number of sulfone groups is 1. The Kier molecular flexibility index (Phi) is 5.38. The van der Waals surface area contributed by atoms with E-state index in [2.05, 4.69) is 5.32 Å². The van der Waals surface area contributed by atoms with E-state index in [-0.39, 0.29) is 12.3 Å². The lowest BCUT2D eigenvalue weighted by Crippen LogP contribution is -2.33. The number of hydrogen-bond acceptors (Lipinski definition) is 4. The average Bonchev–Trinajstić information content (AvgIpc) is 2.93. The lowest BCUT2D eigenvalue weighted by Gasteiger charge is -2.21. The number of rotatable bonds is 4. The summed E-state index contributed by atoms with van der Waals surface area (Å²) in [5, 5.41) is 3.40. The Labute approximate surface area is 146 Å². The third kappa shape index (κ3) is 4.00. The number of benzene rings is 1. The molecule has 1 N–H and O–H groups in total. The fourth-order valence-electron chi connectivity index (χ4n) is 3.65. The molecule has 5 nitrogen and oxygen atoms in total. The van der Waals surface area contributed by atoms with Gasteiger partial charge in [-0.3, -0.25) is 4.79 Å². The van der Waals surface area contributed by atoms with Gasteiger partial charge < -0.3 is 10.2 Å². The van der Waals surface area contributed by atoms with Crippen LogP contribution >= 0.6 is 0 Å². The molecular weight excluding hydrogens is 350 g/mol. The Morgan fingerprint density at radius 3 is 2.20 bits per heavy atom. The largest absolute Gasteiger partial charge is 0.342 e. The summed E-state index contributed by atoms with van der Waals surface area (Å²) >= 11 is 0. The molecule has 0 aromatic heterocycles. The van der Waals surface area contributed by atoms with Crippen LogP contribution in [0.3, 0.4) is 0 Å². The summed E-state index contributed by atoms with van der Waals surface area (Å²) in [6.45, 7) is 3.51. The summed E-state index contributed by atoms with van der Waals surface area (Å²) in [6, 6.07) is 5.15. The molecule has 2 heterocycles. The highest BCUT2D eigenvalue weighted by molar-refractivity contribution is 7.91. The van der Waals surface area contributed by atoms with E-state index in [1.807, 2.05) is 4.90 Å². The van der Waals surface area contributed by atoms with Crippen molar-refractivity contribution in [1.82, 2.24) is 10.2 Å². The molecule has 0 saturated carbocycles. The van der Waals surface area contributed by atoms with Crippen LogP contribution in [0.2, 0.25) is 0 Å². The van der Waals surface area contributed by atoms with Crippen LogP contribution in [0.15, 0.2) is 29.2 Å². The Balaban J connectivity index is 1.61. The minimum Gasteiger partial charge on any atom is -0.342 e.